The van der Waals surface area contributed by atoms with Crippen LogP contribution in [0.5, 0.6) is 11.5 Å². The molecule has 0 spiro atoms. The summed E-state index contributed by atoms with van der Waals surface area (Å²) in [5.41, 5.74) is 2.19. The minimum atomic E-state index is -0.277. The average Bonchev–Trinajstić information content (AvgIpc) is 3.18. The number of ether oxygens (including phenoxy) is 2. The molecular formula is C22H21N3O3. The van der Waals surface area contributed by atoms with Crippen LogP contribution in [-0.2, 0) is 6.42 Å². The van der Waals surface area contributed by atoms with Gasteiger partial charge in [-0.25, -0.2) is 4.68 Å². The van der Waals surface area contributed by atoms with Crippen molar-refractivity contribution in [3.8, 4) is 29.5 Å². The van der Waals surface area contributed by atoms with E-state index in [9.17, 15) is 4.79 Å². The van der Waals surface area contributed by atoms with Crippen LogP contribution in [0.2, 0.25) is 0 Å². The molecule has 28 heavy (non-hydrogen) atoms. The van der Waals surface area contributed by atoms with Crippen LogP contribution in [0.1, 0.15) is 16.1 Å². The van der Waals surface area contributed by atoms with E-state index in [1.165, 1.54) is 7.11 Å². The molecular weight excluding hydrogens is 354 g/mol. The number of carbonyl (C=O) groups is 1. The molecule has 0 aliphatic rings. The molecule has 1 amide bonds. The maximum Gasteiger partial charge on any atom is 0.275 e. The van der Waals surface area contributed by atoms with Gasteiger partial charge in [-0.15, -0.1) is 6.42 Å². The highest BCUT2D eigenvalue weighted by atomic mass is 16.5. The highest BCUT2D eigenvalue weighted by Crippen LogP contribution is 2.19. The summed E-state index contributed by atoms with van der Waals surface area (Å²) in [5, 5.41) is 7.25. The number of benzene rings is 2. The van der Waals surface area contributed by atoms with Gasteiger partial charge < -0.3 is 14.8 Å². The maximum absolute atomic E-state index is 12.5. The number of nitrogens with one attached hydrogen (secondary N) is 1. The molecule has 2 aromatic carbocycles. The van der Waals surface area contributed by atoms with Crippen LogP contribution in [0.25, 0.3) is 5.69 Å². The predicted octanol–water partition coefficient (Wildman–Crippen LogP) is 2.87. The quantitative estimate of drug-likeness (QED) is 0.615. The summed E-state index contributed by atoms with van der Waals surface area (Å²) in [6.07, 6.45) is 7.55. The van der Waals surface area contributed by atoms with E-state index >= 15 is 0 Å². The molecule has 3 aromatic rings. The van der Waals surface area contributed by atoms with E-state index < -0.39 is 0 Å². The lowest BCUT2D eigenvalue weighted by molar-refractivity contribution is 0.0945. The maximum atomic E-state index is 12.5. The fourth-order valence-electron chi connectivity index (χ4n) is 2.66. The smallest absolute Gasteiger partial charge is 0.275 e. The van der Waals surface area contributed by atoms with Gasteiger partial charge in [0.25, 0.3) is 5.91 Å². The highest BCUT2D eigenvalue weighted by molar-refractivity contribution is 5.94. The number of hydrogen-bond acceptors (Lipinski definition) is 4. The molecule has 1 heterocycles. The number of nitrogens with zero attached hydrogens (tertiary/aromatic N) is 2. The first-order valence-electron chi connectivity index (χ1n) is 8.83. The third kappa shape index (κ3) is 4.71. The van der Waals surface area contributed by atoms with E-state index in [1.807, 2.05) is 54.6 Å². The fourth-order valence-corrected chi connectivity index (χ4v) is 2.66. The Labute approximate surface area is 164 Å². The van der Waals surface area contributed by atoms with Crippen LogP contribution in [-0.4, -0.2) is 35.9 Å². The molecule has 0 unspecified atom stereocenters. The Bertz CT molecular complexity index is 957. The van der Waals surface area contributed by atoms with Crippen LogP contribution in [0, 0.1) is 12.3 Å². The molecule has 0 aliphatic carbocycles. The number of amides is 1. The van der Waals surface area contributed by atoms with E-state index in [0.29, 0.717) is 18.7 Å². The van der Waals surface area contributed by atoms with Gasteiger partial charge >= 0.3 is 0 Å². The summed E-state index contributed by atoms with van der Waals surface area (Å²) in [6, 6.07) is 17.2. The number of hydrogen-bond donors (Lipinski definition) is 1. The molecule has 1 aromatic heterocycles. The van der Waals surface area contributed by atoms with E-state index in [1.54, 1.807) is 10.9 Å². The van der Waals surface area contributed by atoms with Gasteiger partial charge in [-0.2, -0.15) is 5.10 Å². The summed E-state index contributed by atoms with van der Waals surface area (Å²) >= 11 is 0. The number of terminal acetylenes is 1. The first kappa shape index (κ1) is 19.1. The second-order valence-electron chi connectivity index (χ2n) is 5.97. The summed E-state index contributed by atoms with van der Waals surface area (Å²) in [5.74, 6) is 3.30. The van der Waals surface area contributed by atoms with Crippen molar-refractivity contribution in [1.29, 1.82) is 0 Å². The van der Waals surface area contributed by atoms with Crippen molar-refractivity contribution in [2.45, 2.75) is 6.42 Å². The van der Waals surface area contributed by atoms with Crippen molar-refractivity contribution in [2.24, 2.45) is 0 Å². The normalized spacial score (nSPS) is 10.1. The largest absolute Gasteiger partial charge is 0.493 e. The SMILES string of the molecule is C#CCOc1ccc(CCNC(=O)c2nn(-c3ccccc3)cc2OC)cc1. The molecule has 0 fully saturated rings. The van der Waals surface area contributed by atoms with E-state index in [-0.39, 0.29) is 18.2 Å². The van der Waals surface area contributed by atoms with Crippen LogP contribution in [0.4, 0.5) is 0 Å². The van der Waals surface area contributed by atoms with Crippen molar-refractivity contribution in [3.63, 3.8) is 0 Å². The zero-order valence-electron chi connectivity index (χ0n) is 15.6. The second-order valence-corrected chi connectivity index (χ2v) is 5.97. The molecule has 0 saturated carbocycles. The van der Waals surface area contributed by atoms with Gasteiger partial charge in [0, 0.05) is 6.54 Å². The van der Waals surface area contributed by atoms with Gasteiger partial charge in [0.05, 0.1) is 19.0 Å². The fraction of sp³-hybridized carbons (Fsp3) is 0.182. The number of rotatable bonds is 8. The van der Waals surface area contributed by atoms with Crippen molar-refractivity contribution >= 4 is 5.91 Å². The van der Waals surface area contributed by atoms with Gasteiger partial charge in [-0.05, 0) is 36.2 Å². The van der Waals surface area contributed by atoms with Gasteiger partial charge in [0.1, 0.15) is 12.4 Å². The highest BCUT2D eigenvalue weighted by Gasteiger charge is 2.18. The average molecular weight is 375 g/mol. The zero-order valence-corrected chi connectivity index (χ0v) is 15.6. The molecule has 1 N–H and O–H groups in total. The Morgan fingerprint density at radius 2 is 1.93 bits per heavy atom. The zero-order chi connectivity index (χ0) is 19.8. The number of carbonyl (C=O) groups excluding carboxylic acids is 1. The minimum absolute atomic E-state index is 0.243. The molecule has 6 heteroatoms. The minimum Gasteiger partial charge on any atom is -0.493 e. The summed E-state index contributed by atoms with van der Waals surface area (Å²) in [6.45, 7) is 0.720. The van der Waals surface area contributed by atoms with Crippen LogP contribution in [0.3, 0.4) is 0 Å². The van der Waals surface area contributed by atoms with E-state index in [0.717, 1.165) is 17.0 Å². The third-order valence-corrected chi connectivity index (χ3v) is 4.08. The van der Waals surface area contributed by atoms with Gasteiger partial charge in [0.15, 0.2) is 11.4 Å². The lowest BCUT2D eigenvalue weighted by atomic mass is 10.1. The first-order chi connectivity index (χ1) is 13.7. The summed E-state index contributed by atoms with van der Waals surface area (Å²) < 4.78 is 12.3. The van der Waals surface area contributed by atoms with Crippen molar-refractivity contribution in [1.82, 2.24) is 15.1 Å². The number of aromatic nitrogens is 2. The number of methoxy groups -OCH3 is 1. The van der Waals surface area contributed by atoms with Crippen LogP contribution in [0.15, 0.2) is 60.8 Å². The van der Waals surface area contributed by atoms with Gasteiger partial charge in [0.2, 0.25) is 0 Å². The molecule has 0 radical (unpaired) electrons. The summed E-state index contributed by atoms with van der Waals surface area (Å²) in [7, 11) is 1.52. The Kier molecular flexibility index (Phi) is 6.32. The number of para-hydroxylation sites is 1. The Hall–Kier alpha value is -3.72. The third-order valence-electron chi connectivity index (χ3n) is 4.08. The topological polar surface area (TPSA) is 65.4 Å². The Morgan fingerprint density at radius 3 is 2.61 bits per heavy atom. The Morgan fingerprint density at radius 1 is 1.18 bits per heavy atom. The first-order valence-corrected chi connectivity index (χ1v) is 8.83. The molecule has 142 valence electrons. The molecule has 0 atom stereocenters. The van der Waals surface area contributed by atoms with E-state index in [2.05, 4.69) is 16.3 Å². The van der Waals surface area contributed by atoms with Gasteiger partial charge in [-0.3, -0.25) is 4.79 Å². The van der Waals surface area contributed by atoms with Crippen LogP contribution < -0.4 is 14.8 Å². The lowest BCUT2D eigenvalue weighted by Crippen LogP contribution is -2.26. The molecule has 6 nitrogen and oxygen atoms in total. The molecule has 0 bridgehead atoms. The van der Waals surface area contributed by atoms with Crippen LogP contribution >= 0.6 is 0 Å². The monoisotopic (exact) mass is 375 g/mol. The van der Waals surface area contributed by atoms with Crippen molar-refractivity contribution in [2.75, 3.05) is 20.3 Å². The molecule has 3 rings (SSSR count). The van der Waals surface area contributed by atoms with Crippen molar-refractivity contribution < 1.29 is 14.3 Å². The van der Waals surface area contributed by atoms with Gasteiger partial charge in [-0.1, -0.05) is 36.3 Å². The predicted molar refractivity (Wildman–Crippen MR) is 107 cm³/mol. The summed E-state index contributed by atoms with van der Waals surface area (Å²) in [4.78, 5) is 12.5. The van der Waals surface area contributed by atoms with E-state index in [4.69, 9.17) is 15.9 Å². The molecule has 0 aliphatic heterocycles. The second kappa shape index (κ2) is 9.28. The van der Waals surface area contributed by atoms with Crippen molar-refractivity contribution in [3.05, 3.63) is 72.1 Å². The lowest BCUT2D eigenvalue weighted by Gasteiger charge is -2.06. The molecule has 0 saturated heterocycles. The standard InChI is InChI=1S/C22H21N3O3/c1-3-15-28-19-11-9-17(10-12-19)13-14-23-22(26)21-20(27-2)16-25(24-21)18-7-5-4-6-8-18/h1,4-12,16H,13-15H2,2H3,(H,23,26). The Balaban J connectivity index is 1.59.